The molecule has 3 N–H and O–H groups in total. The summed E-state index contributed by atoms with van der Waals surface area (Å²) in [5.41, 5.74) is 6.72. The Bertz CT molecular complexity index is 526. The first-order chi connectivity index (χ1) is 10.5. The lowest BCUT2D eigenvalue weighted by Gasteiger charge is -2.14. The average molecular weight is 314 g/mol. The second-order valence-corrected chi connectivity index (χ2v) is 5.23. The number of nitrogens with one attached hydrogen (secondary N) is 1. The van der Waals surface area contributed by atoms with Gasteiger partial charge in [0.1, 0.15) is 18.5 Å². The first-order valence-corrected chi connectivity index (χ1v) is 7.17. The maximum atomic E-state index is 12.2. The number of benzene rings is 1. The van der Waals surface area contributed by atoms with Gasteiger partial charge >= 0.3 is 0 Å². The van der Waals surface area contributed by atoms with Crippen LogP contribution in [-0.4, -0.2) is 37.7 Å². The highest BCUT2D eigenvalue weighted by Crippen LogP contribution is 2.25. The highest BCUT2D eigenvalue weighted by molar-refractivity contribution is 5.94. The number of halogens is 2. The second kappa shape index (κ2) is 7.51. The summed E-state index contributed by atoms with van der Waals surface area (Å²) in [5.74, 6) is 0.0601. The molecule has 0 aliphatic carbocycles. The highest BCUT2D eigenvalue weighted by atomic mass is 19.3. The quantitative estimate of drug-likeness (QED) is 0.843. The lowest BCUT2D eigenvalue weighted by atomic mass is 10.1. The maximum Gasteiger partial charge on any atom is 0.272 e. The normalized spacial score (nSPS) is 21.1. The molecule has 0 unspecified atom stereocenters. The molecule has 5 nitrogen and oxygen atoms in total. The minimum absolute atomic E-state index is 0.0845. The molecule has 1 saturated heterocycles. The molecule has 1 aliphatic rings. The van der Waals surface area contributed by atoms with E-state index in [1.165, 1.54) is 6.07 Å². The van der Waals surface area contributed by atoms with Gasteiger partial charge in [-0.25, -0.2) is 8.78 Å². The van der Waals surface area contributed by atoms with Crippen LogP contribution in [0.5, 0.6) is 5.75 Å². The Morgan fingerprint density at radius 3 is 2.91 bits per heavy atom. The molecule has 0 aromatic heterocycles. The van der Waals surface area contributed by atoms with Crippen molar-refractivity contribution in [3.05, 3.63) is 23.8 Å². The van der Waals surface area contributed by atoms with Crippen LogP contribution >= 0.6 is 0 Å². The van der Waals surface area contributed by atoms with E-state index in [4.69, 9.17) is 15.2 Å². The van der Waals surface area contributed by atoms with Crippen molar-refractivity contribution in [2.75, 3.05) is 18.5 Å². The molecule has 2 atom stereocenters. The summed E-state index contributed by atoms with van der Waals surface area (Å²) in [6.45, 7) is 1.46. The van der Waals surface area contributed by atoms with Gasteiger partial charge in [0.15, 0.2) is 0 Å². The lowest BCUT2D eigenvalue weighted by molar-refractivity contribution is -0.126. The number of anilines is 1. The van der Waals surface area contributed by atoms with Gasteiger partial charge in [-0.2, -0.15) is 0 Å². The number of aryl methyl sites for hydroxylation is 1. The van der Waals surface area contributed by atoms with Gasteiger partial charge in [-0.05, 0) is 31.4 Å². The number of alkyl halides is 2. The largest absolute Gasteiger partial charge is 0.487 e. The molecule has 7 heteroatoms. The van der Waals surface area contributed by atoms with Crippen molar-refractivity contribution in [3.63, 3.8) is 0 Å². The van der Waals surface area contributed by atoms with Crippen LogP contribution in [0.2, 0.25) is 0 Å². The van der Waals surface area contributed by atoms with E-state index >= 15 is 0 Å². The first kappa shape index (κ1) is 16.6. The molecule has 1 heterocycles. The third-order valence-electron chi connectivity index (χ3n) is 3.48. The highest BCUT2D eigenvalue weighted by Gasteiger charge is 2.29. The summed E-state index contributed by atoms with van der Waals surface area (Å²) in [6, 6.07) is 4.93. The monoisotopic (exact) mass is 314 g/mol. The number of carbonyl (C=O) groups excluding carboxylic acids is 1. The summed E-state index contributed by atoms with van der Waals surface area (Å²) in [5, 5.41) is 2.71. The number of hydrogen-bond donors (Lipinski definition) is 2. The molecule has 2 rings (SSSR count). The third kappa shape index (κ3) is 4.38. The minimum Gasteiger partial charge on any atom is -0.487 e. The lowest BCUT2D eigenvalue weighted by Crippen LogP contribution is -2.29. The fraction of sp³-hybridized carbons (Fsp3) is 0.533. The van der Waals surface area contributed by atoms with Crippen molar-refractivity contribution < 1.29 is 23.0 Å². The van der Waals surface area contributed by atoms with Gasteiger partial charge in [0.05, 0.1) is 6.10 Å². The molecule has 22 heavy (non-hydrogen) atoms. The van der Waals surface area contributed by atoms with Gasteiger partial charge in [0, 0.05) is 18.3 Å². The molecule has 1 amide bonds. The second-order valence-electron chi connectivity index (χ2n) is 5.23. The average Bonchev–Trinajstić information content (AvgIpc) is 2.96. The Labute approximate surface area is 127 Å². The Balaban J connectivity index is 1.97. The molecule has 122 valence electrons. The van der Waals surface area contributed by atoms with Crippen molar-refractivity contribution in [1.29, 1.82) is 0 Å². The van der Waals surface area contributed by atoms with Crippen molar-refractivity contribution in [1.82, 2.24) is 0 Å². The molecule has 0 radical (unpaired) electrons. The van der Waals surface area contributed by atoms with Gasteiger partial charge in [0.25, 0.3) is 12.3 Å². The standard InChI is InChI=1S/C15H20F2N2O3/c1-9-2-3-10(6-13(9)21-8-14(16)17)19-15(20)12-5-4-11(7-18)22-12/h2-3,6,11-12,14H,4-5,7-8,18H2,1H3,(H,19,20)/t11-,12+/m1/s1. The predicted molar refractivity (Wildman–Crippen MR) is 78.3 cm³/mol. The van der Waals surface area contributed by atoms with Crippen molar-refractivity contribution in [2.24, 2.45) is 5.73 Å². The minimum atomic E-state index is -2.54. The molecule has 0 spiro atoms. The Kier molecular flexibility index (Phi) is 5.68. The number of hydrogen-bond acceptors (Lipinski definition) is 4. The smallest absolute Gasteiger partial charge is 0.272 e. The molecular weight excluding hydrogens is 294 g/mol. The van der Waals surface area contributed by atoms with Crippen LogP contribution in [0.1, 0.15) is 18.4 Å². The van der Waals surface area contributed by atoms with E-state index in [2.05, 4.69) is 5.32 Å². The zero-order chi connectivity index (χ0) is 16.1. The fourth-order valence-corrected chi connectivity index (χ4v) is 2.28. The van der Waals surface area contributed by atoms with Crippen molar-refractivity contribution in [2.45, 2.75) is 38.4 Å². The summed E-state index contributed by atoms with van der Waals surface area (Å²) < 4.78 is 35.0. The number of carbonyl (C=O) groups is 1. The van der Waals surface area contributed by atoms with Crippen LogP contribution in [0, 0.1) is 6.92 Å². The van der Waals surface area contributed by atoms with Crippen LogP contribution in [-0.2, 0) is 9.53 Å². The van der Waals surface area contributed by atoms with Crippen LogP contribution in [0.4, 0.5) is 14.5 Å². The van der Waals surface area contributed by atoms with Gasteiger partial charge < -0.3 is 20.5 Å². The summed E-state index contributed by atoms with van der Waals surface area (Å²) in [7, 11) is 0. The maximum absolute atomic E-state index is 12.2. The fourth-order valence-electron chi connectivity index (χ4n) is 2.28. The first-order valence-electron chi connectivity index (χ1n) is 7.17. The number of rotatable bonds is 6. The van der Waals surface area contributed by atoms with E-state index in [9.17, 15) is 13.6 Å². The van der Waals surface area contributed by atoms with Crippen LogP contribution < -0.4 is 15.8 Å². The molecule has 1 aliphatic heterocycles. The zero-order valence-electron chi connectivity index (χ0n) is 12.4. The Morgan fingerprint density at radius 1 is 1.50 bits per heavy atom. The van der Waals surface area contributed by atoms with E-state index in [0.29, 0.717) is 24.4 Å². The molecule has 1 aromatic carbocycles. The predicted octanol–water partition coefficient (Wildman–Crippen LogP) is 2.08. The Morgan fingerprint density at radius 2 is 2.27 bits per heavy atom. The van der Waals surface area contributed by atoms with Gasteiger partial charge in [-0.1, -0.05) is 6.07 Å². The summed E-state index contributed by atoms with van der Waals surface area (Å²) >= 11 is 0. The van der Waals surface area contributed by atoms with Gasteiger partial charge in [0.2, 0.25) is 0 Å². The number of nitrogens with two attached hydrogens (primary N) is 1. The van der Waals surface area contributed by atoms with Crippen LogP contribution in [0.25, 0.3) is 0 Å². The molecule has 0 bridgehead atoms. The van der Waals surface area contributed by atoms with E-state index in [-0.39, 0.29) is 12.0 Å². The SMILES string of the molecule is Cc1ccc(NC(=O)[C@@H]2CC[C@H](CN)O2)cc1OCC(F)F. The molecular formula is C15H20F2N2O3. The van der Waals surface area contributed by atoms with Gasteiger partial charge in [-0.3, -0.25) is 4.79 Å². The van der Waals surface area contributed by atoms with Crippen LogP contribution in [0.15, 0.2) is 18.2 Å². The molecule has 1 aromatic rings. The van der Waals surface area contributed by atoms with E-state index in [1.54, 1.807) is 19.1 Å². The van der Waals surface area contributed by atoms with E-state index in [1.807, 2.05) is 0 Å². The number of ether oxygens (including phenoxy) is 2. The van der Waals surface area contributed by atoms with Gasteiger partial charge in [-0.15, -0.1) is 0 Å². The van der Waals surface area contributed by atoms with Crippen molar-refractivity contribution >= 4 is 11.6 Å². The molecule has 0 saturated carbocycles. The topological polar surface area (TPSA) is 73.6 Å². The summed E-state index contributed by atoms with van der Waals surface area (Å²) in [4.78, 5) is 12.1. The number of amides is 1. The zero-order valence-corrected chi connectivity index (χ0v) is 12.4. The van der Waals surface area contributed by atoms with E-state index in [0.717, 1.165) is 12.0 Å². The third-order valence-corrected chi connectivity index (χ3v) is 3.48. The Hall–Kier alpha value is -1.73. The summed E-state index contributed by atoms with van der Waals surface area (Å²) in [6.07, 6.45) is -1.78. The van der Waals surface area contributed by atoms with Crippen molar-refractivity contribution in [3.8, 4) is 5.75 Å². The molecule has 1 fully saturated rings. The van der Waals surface area contributed by atoms with Crippen LogP contribution in [0.3, 0.4) is 0 Å². The van der Waals surface area contributed by atoms with E-state index < -0.39 is 19.1 Å².